The van der Waals surface area contributed by atoms with Gasteiger partial charge < -0.3 is 14.8 Å². The zero-order valence-electron chi connectivity index (χ0n) is 14.6. The first-order valence-corrected chi connectivity index (χ1v) is 9.34. The van der Waals surface area contributed by atoms with Crippen molar-refractivity contribution < 1.29 is 19.1 Å². The normalized spacial score (nSPS) is 10.4. The fourth-order valence-electron chi connectivity index (χ4n) is 2.30. The monoisotopic (exact) mass is 429 g/mol. The summed E-state index contributed by atoms with van der Waals surface area (Å²) in [6.07, 6.45) is 0.575. The van der Waals surface area contributed by atoms with Crippen molar-refractivity contribution in [2.75, 3.05) is 18.5 Å². The summed E-state index contributed by atoms with van der Waals surface area (Å²) >= 11 is 17.8. The number of anilines is 1. The number of hydrogen-bond donors (Lipinski definition) is 1. The Kier molecular flexibility index (Phi) is 8.23. The lowest BCUT2D eigenvalue weighted by atomic mass is 10.1. The number of rotatable bonds is 8. The number of halogens is 3. The van der Waals surface area contributed by atoms with Crippen LogP contribution < -0.4 is 10.1 Å². The largest absolute Gasteiger partial charge is 0.494 e. The van der Waals surface area contributed by atoms with Gasteiger partial charge in [-0.05, 0) is 37.1 Å². The number of hydrogen-bond acceptors (Lipinski definition) is 4. The van der Waals surface area contributed by atoms with Crippen molar-refractivity contribution in [3.05, 3.63) is 57.0 Å². The quantitative estimate of drug-likeness (QED) is 0.588. The van der Waals surface area contributed by atoms with E-state index in [-0.39, 0.29) is 22.2 Å². The lowest BCUT2D eigenvalue weighted by molar-refractivity contribution is -0.147. The number of esters is 1. The average molecular weight is 431 g/mol. The molecule has 2 rings (SSSR count). The van der Waals surface area contributed by atoms with Gasteiger partial charge in [0.15, 0.2) is 6.61 Å². The first kappa shape index (κ1) is 21.4. The van der Waals surface area contributed by atoms with Crippen LogP contribution >= 0.6 is 34.8 Å². The number of benzene rings is 2. The van der Waals surface area contributed by atoms with Crippen LogP contribution in [-0.4, -0.2) is 25.1 Å². The third-order valence-electron chi connectivity index (χ3n) is 3.51. The molecule has 0 saturated carbocycles. The summed E-state index contributed by atoms with van der Waals surface area (Å²) in [6, 6.07) is 10.4. The molecule has 1 N–H and O–H groups in total. The van der Waals surface area contributed by atoms with Crippen molar-refractivity contribution >= 4 is 52.4 Å². The maximum Gasteiger partial charge on any atom is 0.306 e. The molecule has 0 atom stereocenters. The van der Waals surface area contributed by atoms with E-state index >= 15 is 0 Å². The van der Waals surface area contributed by atoms with Gasteiger partial charge in [0.05, 0.1) is 22.3 Å². The summed E-state index contributed by atoms with van der Waals surface area (Å²) < 4.78 is 10.5. The van der Waals surface area contributed by atoms with Crippen LogP contribution in [0.15, 0.2) is 36.4 Å². The van der Waals surface area contributed by atoms with Crippen LogP contribution in [0.2, 0.25) is 15.1 Å². The maximum atomic E-state index is 12.0. The highest BCUT2D eigenvalue weighted by atomic mass is 35.5. The molecule has 2 aromatic rings. The lowest BCUT2D eigenvalue weighted by Crippen LogP contribution is -2.21. The second kappa shape index (κ2) is 10.4. The second-order valence-electron chi connectivity index (χ2n) is 5.49. The van der Waals surface area contributed by atoms with Gasteiger partial charge in [0.2, 0.25) is 0 Å². The minimum Gasteiger partial charge on any atom is -0.494 e. The van der Waals surface area contributed by atoms with Gasteiger partial charge in [-0.3, -0.25) is 9.59 Å². The molecule has 0 unspecified atom stereocenters. The van der Waals surface area contributed by atoms with E-state index in [0.717, 1.165) is 11.3 Å². The molecule has 0 aliphatic carbocycles. The molecule has 1 amide bonds. The number of ether oxygens (including phenoxy) is 2. The molecular weight excluding hydrogens is 413 g/mol. The fraction of sp³-hybridized carbons (Fsp3) is 0.263. The van der Waals surface area contributed by atoms with Gasteiger partial charge in [-0.15, -0.1) is 0 Å². The molecule has 0 aliphatic rings. The molecule has 0 saturated heterocycles. The molecule has 2 aromatic carbocycles. The summed E-state index contributed by atoms with van der Waals surface area (Å²) in [5, 5.41) is 3.24. The summed E-state index contributed by atoms with van der Waals surface area (Å²) in [7, 11) is 0. The van der Waals surface area contributed by atoms with Gasteiger partial charge in [0.25, 0.3) is 5.91 Å². The third kappa shape index (κ3) is 6.61. The van der Waals surface area contributed by atoms with Crippen molar-refractivity contribution in [3.63, 3.8) is 0 Å². The minimum atomic E-state index is -0.552. The van der Waals surface area contributed by atoms with Gasteiger partial charge in [0, 0.05) is 11.4 Å². The van der Waals surface area contributed by atoms with Crippen molar-refractivity contribution in [1.82, 2.24) is 0 Å². The Labute approximate surface area is 172 Å². The predicted molar refractivity (Wildman–Crippen MR) is 107 cm³/mol. The first-order chi connectivity index (χ1) is 12.9. The Bertz CT molecular complexity index is 803. The van der Waals surface area contributed by atoms with Crippen LogP contribution in [0.5, 0.6) is 5.75 Å². The number of aryl methyl sites for hydroxylation is 1. The lowest BCUT2D eigenvalue weighted by Gasteiger charge is -2.11. The van der Waals surface area contributed by atoms with Gasteiger partial charge in [-0.1, -0.05) is 53.0 Å². The van der Waals surface area contributed by atoms with Crippen LogP contribution in [0.4, 0.5) is 5.69 Å². The van der Waals surface area contributed by atoms with Crippen molar-refractivity contribution in [2.45, 2.75) is 19.8 Å². The number of nitrogens with one attached hydrogen (secondary N) is 1. The Morgan fingerprint density at radius 3 is 2.41 bits per heavy atom. The highest BCUT2D eigenvalue weighted by Gasteiger charge is 2.14. The van der Waals surface area contributed by atoms with E-state index in [2.05, 4.69) is 5.32 Å². The molecule has 144 valence electrons. The molecule has 5 nitrogen and oxygen atoms in total. The molecule has 27 heavy (non-hydrogen) atoms. The molecule has 0 aromatic heterocycles. The molecule has 0 bridgehead atoms. The van der Waals surface area contributed by atoms with Crippen LogP contribution in [0.25, 0.3) is 0 Å². The summed E-state index contributed by atoms with van der Waals surface area (Å²) in [5.74, 6) is -0.313. The molecule has 0 fully saturated rings. The third-order valence-corrected chi connectivity index (χ3v) is 4.32. The van der Waals surface area contributed by atoms with Gasteiger partial charge in [0.1, 0.15) is 5.75 Å². The zero-order valence-corrected chi connectivity index (χ0v) is 16.8. The fourth-order valence-corrected chi connectivity index (χ4v) is 3.21. The average Bonchev–Trinajstić information content (AvgIpc) is 2.62. The van der Waals surface area contributed by atoms with Crippen molar-refractivity contribution in [3.8, 4) is 5.75 Å². The van der Waals surface area contributed by atoms with Crippen LogP contribution in [0, 0.1) is 0 Å². The first-order valence-electron chi connectivity index (χ1n) is 8.21. The molecule has 8 heteroatoms. The van der Waals surface area contributed by atoms with Crippen molar-refractivity contribution in [2.24, 2.45) is 0 Å². The van der Waals surface area contributed by atoms with Crippen LogP contribution in [0.1, 0.15) is 18.9 Å². The molecule has 0 spiro atoms. The number of carbonyl (C=O) groups excluding carboxylic acids is 2. The van der Waals surface area contributed by atoms with Gasteiger partial charge in [-0.25, -0.2) is 0 Å². The van der Waals surface area contributed by atoms with E-state index < -0.39 is 18.5 Å². The summed E-state index contributed by atoms with van der Waals surface area (Å²) in [4.78, 5) is 23.9. The smallest absolute Gasteiger partial charge is 0.306 e. The molecule has 0 radical (unpaired) electrons. The minimum absolute atomic E-state index is 0.125. The van der Waals surface area contributed by atoms with E-state index in [9.17, 15) is 9.59 Å². The van der Waals surface area contributed by atoms with Crippen LogP contribution in [-0.2, 0) is 20.7 Å². The molecule has 0 aliphatic heterocycles. The zero-order chi connectivity index (χ0) is 19.8. The number of para-hydroxylation sites is 1. The number of amides is 1. The molecular formula is C19H18Cl3NO4. The van der Waals surface area contributed by atoms with E-state index in [4.69, 9.17) is 44.3 Å². The topological polar surface area (TPSA) is 64.6 Å². The maximum absolute atomic E-state index is 12.0. The Hall–Kier alpha value is -1.95. The van der Waals surface area contributed by atoms with E-state index in [1.165, 1.54) is 12.1 Å². The van der Waals surface area contributed by atoms with Crippen LogP contribution in [0.3, 0.4) is 0 Å². The summed E-state index contributed by atoms with van der Waals surface area (Å²) in [6.45, 7) is 1.99. The standard InChI is InChI=1S/C19H18Cl3NO4/c1-2-26-16-6-4-3-5-12(16)7-8-18(25)27-11-17(24)23-19-14(21)9-13(20)10-15(19)22/h3-6,9-10H,2,7-8,11H2,1H3,(H,23,24). The highest BCUT2D eigenvalue weighted by molar-refractivity contribution is 6.42. The molecule has 0 heterocycles. The Morgan fingerprint density at radius 1 is 1.07 bits per heavy atom. The van der Waals surface area contributed by atoms with Crippen molar-refractivity contribution in [1.29, 1.82) is 0 Å². The Morgan fingerprint density at radius 2 is 1.74 bits per heavy atom. The SMILES string of the molecule is CCOc1ccccc1CCC(=O)OCC(=O)Nc1c(Cl)cc(Cl)cc1Cl. The Balaban J connectivity index is 1.83. The highest BCUT2D eigenvalue weighted by Crippen LogP contribution is 2.33. The van der Waals surface area contributed by atoms with E-state index in [0.29, 0.717) is 18.1 Å². The summed E-state index contributed by atoms with van der Waals surface area (Å²) in [5.41, 5.74) is 1.12. The number of carbonyl (C=O) groups is 2. The second-order valence-corrected chi connectivity index (χ2v) is 6.74. The van der Waals surface area contributed by atoms with Gasteiger partial charge >= 0.3 is 5.97 Å². The van der Waals surface area contributed by atoms with Gasteiger partial charge in [-0.2, -0.15) is 0 Å². The van der Waals surface area contributed by atoms with E-state index in [1.807, 2.05) is 31.2 Å². The van der Waals surface area contributed by atoms with E-state index in [1.54, 1.807) is 0 Å². The predicted octanol–water partition coefficient (Wildman–Crippen LogP) is 5.16.